The van der Waals surface area contributed by atoms with E-state index in [0.717, 1.165) is 211 Å². The summed E-state index contributed by atoms with van der Waals surface area (Å²) in [5.74, 6) is -0.757. The molecule has 0 radical (unpaired) electrons. The fourth-order valence-corrected chi connectivity index (χ4v) is 20.4. The maximum Gasteiger partial charge on any atom is 0.187 e. The third kappa shape index (κ3) is 17.0. The Hall–Kier alpha value is -20.6. The summed E-state index contributed by atoms with van der Waals surface area (Å²) in [4.78, 5) is 19.6. The van der Waals surface area contributed by atoms with Crippen molar-refractivity contribution in [1.29, 1.82) is 15.8 Å². The van der Waals surface area contributed by atoms with Crippen molar-refractivity contribution in [3.05, 3.63) is 548 Å². The molecule has 24 aromatic rings. The molecule has 0 amide bonds. The van der Waals surface area contributed by atoms with Gasteiger partial charge in [-0.15, -0.1) is 0 Å². The van der Waals surface area contributed by atoms with Crippen molar-refractivity contribution in [2.75, 3.05) is 19.6 Å². The van der Waals surface area contributed by atoms with Gasteiger partial charge < -0.3 is 19.6 Å². The maximum atomic E-state index is 16.6. The van der Waals surface area contributed by atoms with Crippen LogP contribution in [-0.4, -0.2) is 0 Å². The molecule has 0 unspecified atom stereocenters. The molecule has 0 aromatic heterocycles. The lowest BCUT2D eigenvalue weighted by molar-refractivity contribution is 0.628. The van der Waals surface area contributed by atoms with E-state index in [2.05, 4.69) is 285 Å². The predicted octanol–water partition coefficient (Wildman–Crippen LogP) is 37.9. The number of hydrogen-bond acceptors (Lipinski definition) is 7. The molecule has 0 saturated carbocycles. The predicted molar refractivity (Wildman–Crippen MR) is 595 cm³/mol. The summed E-state index contributed by atoms with van der Waals surface area (Å²) in [6.45, 7) is 23.0. The normalized spacial score (nSPS) is 11.0. The molecule has 146 heavy (non-hydrogen) atoms. The lowest BCUT2D eigenvalue weighted by Gasteiger charge is -2.30. The van der Waals surface area contributed by atoms with E-state index in [9.17, 15) is 15.8 Å². The van der Waals surface area contributed by atoms with Gasteiger partial charge in [-0.3, -0.25) is 0 Å². The van der Waals surface area contributed by atoms with Gasteiger partial charge in [0.25, 0.3) is 0 Å². The molecule has 0 fully saturated rings. The lowest BCUT2D eigenvalue weighted by Crippen LogP contribution is -2.13. The number of halogens is 2. The number of hydrogen-bond donors (Lipinski definition) is 0. The fourth-order valence-electron chi connectivity index (χ4n) is 20.4. The van der Waals surface area contributed by atoms with Gasteiger partial charge in [0, 0.05) is 55.7 Å². The summed E-state index contributed by atoms with van der Waals surface area (Å²) < 4.78 is 33.2. The van der Waals surface area contributed by atoms with E-state index in [1.807, 2.05) is 228 Å². The first-order valence-corrected chi connectivity index (χ1v) is 47.8. The smallest absolute Gasteiger partial charge is 0.187 e. The summed E-state index contributed by atoms with van der Waals surface area (Å²) in [6.07, 6.45) is 0. The number of para-hydroxylation sites is 2. The quantitative estimate of drug-likeness (QED) is 0.0554. The zero-order valence-electron chi connectivity index (χ0n) is 78.4. The highest BCUT2D eigenvalue weighted by Crippen LogP contribution is 2.54. The van der Waals surface area contributed by atoms with Crippen molar-refractivity contribution in [3.63, 3.8) is 0 Å². The van der Waals surface area contributed by atoms with E-state index in [4.69, 9.17) is 19.7 Å². The lowest BCUT2D eigenvalue weighted by atomic mass is 9.91. The first-order chi connectivity index (χ1) is 71.9. The Morgan fingerprint density at radius 1 is 0.178 bits per heavy atom. The van der Waals surface area contributed by atoms with E-state index in [-0.39, 0.29) is 11.6 Å². The van der Waals surface area contributed by atoms with E-state index in [1.54, 1.807) is 12.1 Å². The fraction of sp³-hybridized carbons (Fsp3) is 0. The molecule has 0 bridgehead atoms. The summed E-state index contributed by atoms with van der Waals surface area (Å²) in [5, 5.41) is 41.6. The zero-order chi connectivity index (χ0) is 98.8. The van der Waals surface area contributed by atoms with Crippen molar-refractivity contribution in [3.8, 4) is 107 Å². The molecule has 0 aliphatic heterocycles. The zero-order valence-corrected chi connectivity index (χ0v) is 78.4. The second-order valence-corrected chi connectivity index (χ2v) is 35.9. The molecular weight excluding hydrogens is 1790 g/mol. The molecule has 0 atom stereocenters. The summed E-state index contributed by atoms with van der Waals surface area (Å²) in [6, 6.07) is 168. The van der Waals surface area contributed by atoms with E-state index in [0.29, 0.717) is 45.1 Å². The molecule has 0 spiro atoms. The van der Waals surface area contributed by atoms with Crippen LogP contribution in [0.15, 0.2) is 485 Å². The second kappa shape index (κ2) is 38.6. The molecular formula is C134H80F2N10. The van der Waals surface area contributed by atoms with Crippen molar-refractivity contribution >= 4 is 150 Å². The Morgan fingerprint density at radius 3 is 0.637 bits per heavy atom. The monoisotopic (exact) mass is 1870 g/mol. The van der Waals surface area contributed by atoms with Crippen LogP contribution in [0.4, 0.5) is 94.1 Å². The van der Waals surface area contributed by atoms with Gasteiger partial charge >= 0.3 is 0 Å². The SMILES string of the molecule is [C-]#[N+]c1ccc(-c2cc(-c3ccccc3)cc(N(c3ccc(C#N)cc3)c3ccc4ccc5c(N(c6ccc([N+]#[C-])cc6)c6cc(-c7ccccc7)cc(-c7ccc(C#N)cc7)c6)ccc6ccc3c4c65)c2)cc1.[C-]#[N+]c1ccc(-c2cc(-c3ccccc3)cc(N(c3ccccc3F)c3ccc4ccc5c(N(c6cc(-c7ccccc7)cc(-c7ccc(C#N)cc7)c6)c6ccccc6F)ccc6ccc3c4c65)c2)cc1. The van der Waals surface area contributed by atoms with Gasteiger partial charge in [0.05, 0.1) is 88.7 Å². The van der Waals surface area contributed by atoms with Crippen LogP contribution < -0.4 is 19.6 Å². The van der Waals surface area contributed by atoms with Gasteiger partial charge in [-0.1, -0.05) is 303 Å². The molecule has 0 N–H and O–H groups in total. The van der Waals surface area contributed by atoms with E-state index in [1.165, 1.54) is 12.1 Å². The van der Waals surface area contributed by atoms with Gasteiger partial charge in [-0.05, 0) is 314 Å². The van der Waals surface area contributed by atoms with Crippen molar-refractivity contribution in [2.24, 2.45) is 0 Å². The molecule has 0 saturated heterocycles. The molecule has 0 heterocycles. The number of nitrogens with zero attached hydrogens (tertiary/aromatic N) is 10. The van der Waals surface area contributed by atoms with Crippen LogP contribution in [0.2, 0.25) is 0 Å². The highest BCUT2D eigenvalue weighted by Gasteiger charge is 2.30. The molecule has 680 valence electrons. The van der Waals surface area contributed by atoms with E-state index < -0.39 is 0 Å². The third-order valence-electron chi connectivity index (χ3n) is 27.4. The van der Waals surface area contributed by atoms with Gasteiger partial charge in [-0.2, -0.15) is 15.8 Å². The summed E-state index contributed by atoms with van der Waals surface area (Å²) >= 11 is 0. The molecule has 12 heteroatoms. The van der Waals surface area contributed by atoms with Crippen molar-refractivity contribution < 1.29 is 8.78 Å². The van der Waals surface area contributed by atoms with Gasteiger partial charge in [0.2, 0.25) is 0 Å². The van der Waals surface area contributed by atoms with Gasteiger partial charge in [0.1, 0.15) is 11.6 Å². The third-order valence-corrected chi connectivity index (χ3v) is 27.4. The van der Waals surface area contributed by atoms with Crippen molar-refractivity contribution in [2.45, 2.75) is 0 Å². The molecule has 24 aromatic carbocycles. The Morgan fingerprint density at radius 2 is 0.384 bits per heavy atom. The highest BCUT2D eigenvalue weighted by molar-refractivity contribution is 6.30. The number of nitriles is 3. The Kier molecular flexibility index (Phi) is 23.6. The van der Waals surface area contributed by atoms with Crippen LogP contribution in [0.1, 0.15) is 16.7 Å². The van der Waals surface area contributed by atoms with Crippen LogP contribution in [0, 0.1) is 65.3 Å². The minimum atomic E-state index is -0.379. The Balaban J connectivity index is 0.000000161. The van der Waals surface area contributed by atoms with Crippen LogP contribution >= 0.6 is 0 Å². The number of benzene rings is 24. The summed E-state index contributed by atoms with van der Waals surface area (Å²) in [5.41, 5.74) is 28.6. The van der Waals surface area contributed by atoms with E-state index >= 15 is 8.78 Å². The first kappa shape index (κ1) is 89.3. The van der Waals surface area contributed by atoms with Crippen LogP contribution in [0.25, 0.3) is 168 Å². The standard InChI is InChI=1S/C68H40N6.C66H40F2N4/c1-71-57-25-19-50(20-26-57)56-38-54(48-11-7-4-8-12-48)39-61(42-56)73(59-29-15-46(44-70)16-30-59)65-35-23-51-22-34-64-66(36-24-52-21-33-63(65)67(51)68(52)64)74(60-31-27-58(72-2)28-32-60)62-40-53(47-9-5-3-6-10-47)37-55(41-62)49-17-13-45(43-69)14-18-49;1-70-54-30-24-47(25-31-54)53-37-51(45-14-6-3-7-15-45)39-56(41-53)72(64-19-11-9-17-60(64)68)62-35-29-49-26-32-57-61(34-28-48-27-33-58(62)66(49)65(48)57)71(63-18-10-8-16-59(63)67)55-38-50(44-12-4-2-5-13-44)36-52(40-55)46-22-20-43(42-69)21-23-46/h3-42H;2-41H. The largest absolute Gasteiger partial charge is 0.310 e. The van der Waals surface area contributed by atoms with Gasteiger partial charge in [0.15, 0.2) is 17.1 Å². The highest BCUT2D eigenvalue weighted by atomic mass is 19.1. The van der Waals surface area contributed by atoms with Gasteiger partial charge in [-0.25, -0.2) is 23.3 Å². The molecule has 10 nitrogen and oxygen atoms in total. The van der Waals surface area contributed by atoms with Crippen LogP contribution in [0.5, 0.6) is 0 Å². The maximum absolute atomic E-state index is 16.6. The molecule has 24 rings (SSSR count). The Bertz CT molecular complexity index is 8890. The average Bonchev–Trinajstić information content (AvgIpc) is 0.719. The first-order valence-electron chi connectivity index (χ1n) is 47.8. The average molecular weight is 1870 g/mol. The topological polar surface area (TPSA) is 97.4 Å². The minimum Gasteiger partial charge on any atom is -0.310 e. The summed E-state index contributed by atoms with van der Waals surface area (Å²) in [7, 11) is 0. The second-order valence-electron chi connectivity index (χ2n) is 35.9. The molecule has 0 aliphatic rings. The number of rotatable bonds is 20. The van der Waals surface area contributed by atoms with Crippen LogP contribution in [-0.2, 0) is 0 Å². The van der Waals surface area contributed by atoms with Crippen LogP contribution in [0.3, 0.4) is 0 Å². The number of anilines is 12. The minimum absolute atomic E-state index is 0.378. The Labute approximate surface area is 843 Å². The van der Waals surface area contributed by atoms with Crippen molar-refractivity contribution in [1.82, 2.24) is 0 Å². The molecule has 0 aliphatic carbocycles.